The lowest BCUT2D eigenvalue weighted by Crippen LogP contribution is -2.30. The monoisotopic (exact) mass is 919 g/mol. The molecule has 0 spiro atoms. The lowest BCUT2D eigenvalue weighted by atomic mass is 10.1. The molecule has 6 nitrogen and oxygen atoms in total. The highest BCUT2D eigenvalue weighted by Gasteiger charge is 2.19. The van der Waals surface area contributed by atoms with Gasteiger partial charge in [0.15, 0.2) is 6.10 Å². The van der Waals surface area contributed by atoms with Gasteiger partial charge in [-0.05, 0) is 109 Å². The molecule has 66 heavy (non-hydrogen) atoms. The van der Waals surface area contributed by atoms with Crippen molar-refractivity contribution in [3.8, 4) is 0 Å². The number of allylic oxidation sites excluding steroid dienone is 14. The molecule has 0 heterocycles. The standard InChI is InChI=1S/C60H102O6/c1-4-7-10-13-16-19-22-25-26-27-28-29-30-31-32-33-34-36-38-41-44-47-50-53-59(62)65-56-57(55-64-58(61)52-49-46-43-40-37-24-21-18-15-12-9-6-3)66-60(63)54-51-48-45-42-39-35-23-20-17-14-11-8-5-2/h7,10-11,14,16,18-21,23,25-26,28-29,57H,4-6,8-9,12-13,15,17,22,24,27,30-56H2,1-3H3/b10-7-,14-11-,19-16-,21-18-,23-20-,26-25-,29-28-. The molecule has 0 saturated carbocycles. The van der Waals surface area contributed by atoms with Gasteiger partial charge in [-0.25, -0.2) is 0 Å². The van der Waals surface area contributed by atoms with Crippen molar-refractivity contribution in [1.82, 2.24) is 0 Å². The van der Waals surface area contributed by atoms with Gasteiger partial charge >= 0.3 is 17.9 Å². The smallest absolute Gasteiger partial charge is 0.306 e. The van der Waals surface area contributed by atoms with Crippen LogP contribution in [0.1, 0.15) is 258 Å². The first-order valence-corrected chi connectivity index (χ1v) is 27.6. The third-order valence-electron chi connectivity index (χ3n) is 11.6. The van der Waals surface area contributed by atoms with Crippen LogP contribution in [0.5, 0.6) is 0 Å². The summed E-state index contributed by atoms with van der Waals surface area (Å²) < 4.78 is 16.8. The largest absolute Gasteiger partial charge is 0.462 e. The fourth-order valence-corrected chi connectivity index (χ4v) is 7.47. The second-order valence-electron chi connectivity index (χ2n) is 18.1. The number of hydrogen-bond donors (Lipinski definition) is 0. The van der Waals surface area contributed by atoms with Crippen molar-refractivity contribution < 1.29 is 28.6 Å². The molecule has 0 N–H and O–H groups in total. The Labute approximate surface area is 407 Å². The van der Waals surface area contributed by atoms with E-state index in [0.717, 1.165) is 122 Å². The molecular formula is C60H102O6. The number of rotatable bonds is 49. The van der Waals surface area contributed by atoms with Crippen LogP contribution in [0.15, 0.2) is 85.1 Å². The topological polar surface area (TPSA) is 78.9 Å². The van der Waals surface area contributed by atoms with Gasteiger partial charge in [0, 0.05) is 19.3 Å². The predicted octanol–water partition coefficient (Wildman–Crippen LogP) is 18.4. The summed E-state index contributed by atoms with van der Waals surface area (Å²) in [6, 6.07) is 0. The first-order chi connectivity index (χ1) is 32.5. The Kier molecular flexibility index (Phi) is 51.4. The molecule has 0 rings (SSSR count). The molecule has 0 fully saturated rings. The molecule has 378 valence electrons. The number of unbranched alkanes of at least 4 members (excludes halogenated alkanes) is 24. The Morgan fingerprint density at radius 2 is 0.621 bits per heavy atom. The van der Waals surface area contributed by atoms with Gasteiger partial charge in [0.2, 0.25) is 0 Å². The van der Waals surface area contributed by atoms with E-state index in [1.54, 1.807) is 0 Å². The minimum absolute atomic E-state index is 0.0870. The van der Waals surface area contributed by atoms with E-state index in [1.807, 2.05) is 0 Å². The summed E-state index contributed by atoms with van der Waals surface area (Å²) in [6.07, 6.45) is 70.0. The maximum absolute atomic E-state index is 12.8. The van der Waals surface area contributed by atoms with Crippen LogP contribution in [0.4, 0.5) is 0 Å². The molecule has 0 saturated heterocycles. The first kappa shape index (κ1) is 62.6. The van der Waals surface area contributed by atoms with E-state index in [0.29, 0.717) is 19.3 Å². The second kappa shape index (κ2) is 54.2. The van der Waals surface area contributed by atoms with Crippen LogP contribution in [-0.2, 0) is 28.6 Å². The summed E-state index contributed by atoms with van der Waals surface area (Å²) in [5.41, 5.74) is 0. The van der Waals surface area contributed by atoms with Crippen LogP contribution < -0.4 is 0 Å². The molecule has 0 aliphatic rings. The van der Waals surface area contributed by atoms with Crippen LogP contribution in [0, 0.1) is 0 Å². The number of ether oxygens (including phenoxy) is 3. The first-order valence-electron chi connectivity index (χ1n) is 27.6. The molecule has 6 heteroatoms. The molecule has 0 aromatic carbocycles. The van der Waals surface area contributed by atoms with E-state index in [1.165, 1.54) is 96.3 Å². The Bertz CT molecular complexity index is 1290. The van der Waals surface area contributed by atoms with Crippen LogP contribution in [-0.4, -0.2) is 37.2 Å². The van der Waals surface area contributed by atoms with E-state index in [4.69, 9.17) is 14.2 Å². The lowest BCUT2D eigenvalue weighted by Gasteiger charge is -2.18. The maximum atomic E-state index is 12.8. The molecule has 0 radical (unpaired) electrons. The van der Waals surface area contributed by atoms with Crippen LogP contribution in [0.3, 0.4) is 0 Å². The lowest BCUT2D eigenvalue weighted by molar-refractivity contribution is -0.167. The quantitative estimate of drug-likeness (QED) is 0.0262. The highest BCUT2D eigenvalue weighted by molar-refractivity contribution is 5.71. The summed E-state index contributed by atoms with van der Waals surface area (Å²) in [5.74, 6) is -0.913. The average molecular weight is 919 g/mol. The number of carbonyl (C=O) groups excluding carboxylic acids is 3. The predicted molar refractivity (Wildman–Crippen MR) is 284 cm³/mol. The summed E-state index contributed by atoms with van der Waals surface area (Å²) >= 11 is 0. The fraction of sp³-hybridized carbons (Fsp3) is 0.717. The molecular weight excluding hydrogens is 817 g/mol. The van der Waals surface area contributed by atoms with Crippen LogP contribution in [0.25, 0.3) is 0 Å². The second-order valence-corrected chi connectivity index (χ2v) is 18.1. The number of esters is 3. The van der Waals surface area contributed by atoms with Crippen molar-refractivity contribution in [1.29, 1.82) is 0 Å². The van der Waals surface area contributed by atoms with E-state index < -0.39 is 6.10 Å². The van der Waals surface area contributed by atoms with Crippen molar-refractivity contribution in [3.63, 3.8) is 0 Å². The highest BCUT2D eigenvalue weighted by Crippen LogP contribution is 2.15. The fourth-order valence-electron chi connectivity index (χ4n) is 7.47. The minimum atomic E-state index is -0.788. The zero-order chi connectivity index (χ0) is 47.9. The van der Waals surface area contributed by atoms with Gasteiger partial charge in [-0.2, -0.15) is 0 Å². The van der Waals surface area contributed by atoms with E-state index in [-0.39, 0.29) is 31.1 Å². The van der Waals surface area contributed by atoms with Crippen LogP contribution in [0.2, 0.25) is 0 Å². The van der Waals surface area contributed by atoms with E-state index in [9.17, 15) is 14.4 Å². The summed E-state index contributed by atoms with van der Waals surface area (Å²) in [4.78, 5) is 38.0. The van der Waals surface area contributed by atoms with E-state index in [2.05, 4.69) is 106 Å². The van der Waals surface area contributed by atoms with Crippen LogP contribution >= 0.6 is 0 Å². The van der Waals surface area contributed by atoms with Gasteiger partial charge in [0.1, 0.15) is 13.2 Å². The van der Waals surface area contributed by atoms with Crippen molar-refractivity contribution in [2.24, 2.45) is 0 Å². The normalized spacial score (nSPS) is 12.7. The van der Waals surface area contributed by atoms with Gasteiger partial charge in [-0.1, -0.05) is 215 Å². The van der Waals surface area contributed by atoms with Gasteiger partial charge in [0.05, 0.1) is 0 Å². The van der Waals surface area contributed by atoms with Gasteiger partial charge in [0.25, 0.3) is 0 Å². The third kappa shape index (κ3) is 51.6. The zero-order valence-electron chi connectivity index (χ0n) is 43.2. The zero-order valence-corrected chi connectivity index (χ0v) is 43.2. The molecule has 0 aromatic heterocycles. The Morgan fingerprint density at radius 3 is 1.00 bits per heavy atom. The molecule has 0 aliphatic heterocycles. The van der Waals surface area contributed by atoms with Crippen molar-refractivity contribution >= 4 is 17.9 Å². The van der Waals surface area contributed by atoms with Gasteiger partial charge < -0.3 is 14.2 Å². The number of carbonyl (C=O) groups is 3. The van der Waals surface area contributed by atoms with Crippen molar-refractivity contribution in [3.05, 3.63) is 85.1 Å². The van der Waals surface area contributed by atoms with Gasteiger partial charge in [-0.15, -0.1) is 0 Å². The Morgan fingerprint density at radius 1 is 0.318 bits per heavy atom. The number of hydrogen-bond acceptors (Lipinski definition) is 6. The SMILES string of the molecule is CC/C=C\C/C=C\C/C=C\C/C=C\CCCCCCCCCCCCC(=O)OCC(COC(=O)CCCCCCC/C=C\CCCCC)OC(=O)CCCCCCC/C=C\C/C=C\CCC. The molecule has 0 bridgehead atoms. The third-order valence-corrected chi connectivity index (χ3v) is 11.6. The van der Waals surface area contributed by atoms with Crippen molar-refractivity contribution in [2.75, 3.05) is 13.2 Å². The Hall–Kier alpha value is -3.41. The molecule has 0 aliphatic carbocycles. The van der Waals surface area contributed by atoms with Gasteiger partial charge in [-0.3, -0.25) is 14.4 Å². The molecule has 0 aromatic rings. The molecule has 0 amide bonds. The Balaban J connectivity index is 4.31. The van der Waals surface area contributed by atoms with Crippen molar-refractivity contribution in [2.45, 2.75) is 264 Å². The summed E-state index contributed by atoms with van der Waals surface area (Å²) in [5, 5.41) is 0. The van der Waals surface area contributed by atoms with E-state index >= 15 is 0 Å². The summed E-state index contributed by atoms with van der Waals surface area (Å²) in [7, 11) is 0. The maximum Gasteiger partial charge on any atom is 0.306 e. The summed E-state index contributed by atoms with van der Waals surface area (Å²) in [6.45, 7) is 6.42. The highest BCUT2D eigenvalue weighted by atomic mass is 16.6. The molecule has 1 unspecified atom stereocenters. The average Bonchev–Trinajstić information content (AvgIpc) is 3.31. The molecule has 1 atom stereocenters. The minimum Gasteiger partial charge on any atom is -0.462 e.